The van der Waals surface area contributed by atoms with Crippen LogP contribution < -0.4 is 38.5 Å². The molecule has 4 heteroatoms. The first-order chi connectivity index (χ1) is 29.5. The Hall–Kier alpha value is -4.30. The van der Waals surface area contributed by atoms with Crippen LogP contribution >= 0.6 is 0 Å². The van der Waals surface area contributed by atoms with Gasteiger partial charge in [0.25, 0.3) is 0 Å². The second-order valence-corrected chi connectivity index (χ2v) is 29.7. The number of halogens is 2. The molecule has 0 aliphatic heterocycles. The van der Waals surface area contributed by atoms with E-state index in [1.165, 1.54) is 66.1 Å². The van der Waals surface area contributed by atoms with Gasteiger partial charge in [-0.05, 0) is 0 Å². The van der Waals surface area contributed by atoms with E-state index in [1.54, 1.807) is 35.9 Å². The third-order valence-electron chi connectivity index (χ3n) is 13.5. The van der Waals surface area contributed by atoms with Crippen molar-refractivity contribution in [1.82, 2.24) is 0 Å². The van der Waals surface area contributed by atoms with Crippen molar-refractivity contribution < 1.29 is 47.2 Å². The van der Waals surface area contributed by atoms with E-state index in [4.69, 9.17) is 0 Å². The predicted molar refractivity (Wildman–Crippen MR) is 263 cm³/mol. The van der Waals surface area contributed by atoms with Crippen LogP contribution in [0.1, 0.15) is 106 Å². The van der Waals surface area contributed by atoms with E-state index in [0.29, 0.717) is 0 Å². The van der Waals surface area contributed by atoms with E-state index in [2.05, 4.69) is 212 Å². The summed E-state index contributed by atoms with van der Waals surface area (Å²) in [5.74, 6) is -1.34. The van der Waals surface area contributed by atoms with Crippen LogP contribution in [0.3, 0.4) is 0 Å². The second-order valence-electron chi connectivity index (χ2n) is 19.6. The van der Waals surface area contributed by atoms with E-state index in [1.807, 2.05) is 0 Å². The minimum absolute atomic E-state index is 0. The number of hydrogen-bond donors (Lipinski definition) is 0. The first-order valence-electron chi connectivity index (χ1n) is 22.4. The Kier molecular flexibility index (Phi) is 12.9. The van der Waals surface area contributed by atoms with Gasteiger partial charge in [-0.25, -0.2) is 0 Å². The second kappa shape index (κ2) is 17.9. The van der Waals surface area contributed by atoms with Crippen molar-refractivity contribution in [2.24, 2.45) is 0 Å². The van der Waals surface area contributed by atoms with Gasteiger partial charge in [0.15, 0.2) is 0 Å². The molecule has 2 aliphatic rings. The molecule has 0 heterocycles. The smallest absolute Gasteiger partial charge is 1.00 e. The van der Waals surface area contributed by atoms with E-state index in [-0.39, 0.29) is 41.6 Å². The van der Waals surface area contributed by atoms with Crippen LogP contribution in [-0.2, 0) is 39.6 Å². The topological polar surface area (TPSA) is 0 Å². The Labute approximate surface area is 400 Å². The van der Waals surface area contributed by atoms with E-state index in [9.17, 15) is 0 Å². The molecule has 0 aromatic heterocycles. The number of allylic oxidation sites excluding steroid dienone is 1. The molecule has 0 radical (unpaired) electrons. The molecule has 0 bridgehead atoms. The molecule has 8 aromatic carbocycles. The molecule has 8 aromatic rings. The maximum absolute atomic E-state index is 2.70. The molecule has 1 unspecified atom stereocenters. The minimum Gasteiger partial charge on any atom is -1.00 e. The quantitative estimate of drug-likeness (QED) is 0.110. The molecule has 2 aliphatic carbocycles. The molecular formula is C59H56Cl2SiZr. The van der Waals surface area contributed by atoms with Gasteiger partial charge in [0, 0.05) is 0 Å². The average Bonchev–Trinajstić information content (AvgIpc) is 3.82. The molecule has 0 fully saturated rings. The van der Waals surface area contributed by atoms with Crippen LogP contribution in [0.2, 0.25) is 0 Å². The number of rotatable bonds is 8. The number of hydrogen-bond acceptors (Lipinski definition) is 0. The molecule has 0 saturated heterocycles. The Morgan fingerprint density at radius 3 is 1.86 bits per heavy atom. The van der Waals surface area contributed by atoms with E-state index < -0.39 is 28.3 Å². The summed E-state index contributed by atoms with van der Waals surface area (Å²) in [7, 11) is 0. The molecule has 63 heavy (non-hydrogen) atoms. The first-order valence-corrected chi connectivity index (χ1v) is 29.7. The molecule has 314 valence electrons. The Balaban J connectivity index is 0.00000272. The first kappa shape index (κ1) is 45.3. The van der Waals surface area contributed by atoms with E-state index >= 15 is 0 Å². The normalized spacial score (nSPS) is 14.1. The van der Waals surface area contributed by atoms with Gasteiger partial charge in [0.2, 0.25) is 0 Å². The molecule has 0 spiro atoms. The van der Waals surface area contributed by atoms with Gasteiger partial charge in [-0.3, -0.25) is 0 Å². The number of fused-ring (bicyclic) bond motifs is 7. The molecular weight excluding hydrogens is 899 g/mol. The monoisotopic (exact) mass is 952 g/mol. The van der Waals surface area contributed by atoms with Gasteiger partial charge in [-0.1, -0.05) is 0 Å². The third kappa shape index (κ3) is 8.21. The largest absolute Gasteiger partial charge is 1.00 e. The molecule has 10 rings (SSSR count). The Bertz CT molecular complexity index is 2970. The fraction of sp³-hybridized carbons (Fsp3) is 0.220. The Morgan fingerprint density at radius 1 is 0.571 bits per heavy atom. The van der Waals surface area contributed by atoms with Crippen molar-refractivity contribution in [3.8, 4) is 22.3 Å². The average molecular weight is 955 g/mol. The summed E-state index contributed by atoms with van der Waals surface area (Å²) in [4.78, 5) is 0. The van der Waals surface area contributed by atoms with Crippen LogP contribution in [0.25, 0.3) is 49.9 Å². The molecule has 0 N–H and O–H groups in total. The number of benzene rings is 8. The molecule has 0 saturated carbocycles. The summed E-state index contributed by atoms with van der Waals surface area (Å²) < 4.78 is 1.77. The van der Waals surface area contributed by atoms with Gasteiger partial charge in [0.05, 0.1) is 0 Å². The zero-order chi connectivity index (χ0) is 42.0. The molecule has 0 amide bonds. The van der Waals surface area contributed by atoms with Crippen molar-refractivity contribution in [3.63, 3.8) is 0 Å². The van der Waals surface area contributed by atoms with Crippen molar-refractivity contribution in [3.05, 3.63) is 202 Å². The predicted octanol–water partition coefficient (Wildman–Crippen LogP) is 7.41. The van der Waals surface area contributed by atoms with Crippen molar-refractivity contribution >= 4 is 47.2 Å². The maximum atomic E-state index is 2.70. The zero-order valence-electron chi connectivity index (χ0n) is 37.6. The summed E-state index contributed by atoms with van der Waals surface area (Å²) in [6.45, 7) is 16.9. The van der Waals surface area contributed by atoms with Gasteiger partial charge >= 0.3 is 379 Å². The minimum atomic E-state index is -1.56. The summed E-state index contributed by atoms with van der Waals surface area (Å²) in [6, 6.07) is 61.2. The fourth-order valence-corrected chi connectivity index (χ4v) is 24.6. The van der Waals surface area contributed by atoms with Gasteiger partial charge < -0.3 is 24.8 Å². The van der Waals surface area contributed by atoms with Crippen LogP contribution in [0.5, 0.6) is 0 Å². The van der Waals surface area contributed by atoms with Crippen LogP contribution in [0.15, 0.2) is 163 Å². The molecule has 0 nitrogen and oxygen atoms in total. The van der Waals surface area contributed by atoms with Gasteiger partial charge in [-0.15, -0.1) is 0 Å². The van der Waals surface area contributed by atoms with Gasteiger partial charge in [0.1, 0.15) is 0 Å². The standard InChI is InChI=1S/C47H45.C12H11Si.2ClH.Zr/c1-8-14-31-25-41-37(40-23-29-15-9-10-16-34(29)35-17-11-12-18-36(35)40)19-13-20-38(41)45(31)44-28-33(47(5,6)7)27-43-39-26-32(46(2,3)4)22-21-30(39)24-42(43)44;1-3-7-11(8-4-1)13-12-9-5-2-6-10-12;;;/h9-13,15-23,25-27,45H,8,14,24H2,1-7H3;1-10,13H;2*1H;/q;;;;+2/p-2. The maximum Gasteiger partial charge on any atom is -1.00 e. The summed E-state index contributed by atoms with van der Waals surface area (Å²) in [6.07, 6.45) is 5.87. The fourth-order valence-electron chi connectivity index (χ4n) is 10.5. The summed E-state index contributed by atoms with van der Waals surface area (Å²) in [5.41, 5.74) is 18.0. The molecule has 1 atom stereocenters. The summed E-state index contributed by atoms with van der Waals surface area (Å²) in [5, 5.41) is 8.47. The summed E-state index contributed by atoms with van der Waals surface area (Å²) >= 11 is -1.27. The van der Waals surface area contributed by atoms with Crippen molar-refractivity contribution in [2.75, 3.05) is 0 Å². The SMILES string of the molecule is CCCC1=Cc2c(-c3cc4ccccc4c4ccccc34)cccc2C1c1c2c(cc(C(C)(C)C)[c]1[Zr+2][SiH](c1ccccc1)c1ccccc1)-c1cc(C(C)(C)C)ccc1C2.[Cl-].[Cl-]. The van der Waals surface area contributed by atoms with Crippen LogP contribution in [-0.4, -0.2) is 5.92 Å². The van der Waals surface area contributed by atoms with Gasteiger partial charge in [-0.2, -0.15) is 0 Å². The van der Waals surface area contributed by atoms with Crippen LogP contribution in [0, 0.1) is 0 Å². The van der Waals surface area contributed by atoms with Crippen molar-refractivity contribution in [1.29, 1.82) is 0 Å². The van der Waals surface area contributed by atoms with Crippen molar-refractivity contribution in [2.45, 2.75) is 84.5 Å². The Morgan fingerprint density at radius 2 is 1.21 bits per heavy atom. The van der Waals surface area contributed by atoms with Crippen LogP contribution in [0.4, 0.5) is 0 Å². The van der Waals surface area contributed by atoms with E-state index in [0.717, 1.165) is 19.3 Å². The third-order valence-corrected chi connectivity index (χ3v) is 26.7. The zero-order valence-corrected chi connectivity index (χ0v) is 42.7.